The van der Waals surface area contributed by atoms with Crippen molar-refractivity contribution in [2.45, 2.75) is 25.7 Å². The predicted molar refractivity (Wildman–Crippen MR) is 133 cm³/mol. The summed E-state index contributed by atoms with van der Waals surface area (Å²) in [5.41, 5.74) is 2.68. The molecule has 0 radical (unpaired) electrons. The zero-order chi connectivity index (χ0) is 25.9. The van der Waals surface area contributed by atoms with Gasteiger partial charge in [-0.05, 0) is 61.7 Å². The number of nitrogens with one attached hydrogen (secondary N) is 2. The molecule has 2 N–H and O–H groups in total. The van der Waals surface area contributed by atoms with Crippen LogP contribution in [-0.4, -0.2) is 55.1 Å². The van der Waals surface area contributed by atoms with Gasteiger partial charge in [0.05, 0.1) is 29.2 Å². The van der Waals surface area contributed by atoms with Gasteiger partial charge in [-0.25, -0.2) is 9.37 Å². The summed E-state index contributed by atoms with van der Waals surface area (Å²) in [7, 11) is 0. The van der Waals surface area contributed by atoms with Crippen LogP contribution in [0.3, 0.4) is 0 Å². The number of hydrogen-bond acceptors (Lipinski definition) is 7. The number of piperidine rings is 1. The molecule has 0 bridgehead atoms. The second-order valence-corrected chi connectivity index (χ2v) is 8.77. The van der Waals surface area contributed by atoms with E-state index in [4.69, 9.17) is 4.52 Å². The molecule has 188 valence electrons. The standard InChI is InChI=1S/C26H24FN7O3/c1-3-22(35)34-11-5-6-17(14-34)26-31-24(33-37-26)16-9-10-19(18(27)12-16)30-25(36)21-8-4-7-20(29-21)23-15(2)13-28-32-23/h3-4,7-10,12-13,17H,1,5-6,11,14H2,2H3,(H,28,32)(H,30,36)/t17-/m0/s1. The zero-order valence-corrected chi connectivity index (χ0v) is 20.1. The lowest BCUT2D eigenvalue weighted by atomic mass is 9.98. The van der Waals surface area contributed by atoms with E-state index in [0.29, 0.717) is 35.9 Å². The highest BCUT2D eigenvalue weighted by Gasteiger charge is 2.28. The third kappa shape index (κ3) is 5.01. The van der Waals surface area contributed by atoms with E-state index in [-0.39, 0.29) is 29.0 Å². The van der Waals surface area contributed by atoms with Gasteiger partial charge in [-0.2, -0.15) is 10.1 Å². The van der Waals surface area contributed by atoms with Gasteiger partial charge in [-0.3, -0.25) is 14.7 Å². The first-order valence-corrected chi connectivity index (χ1v) is 11.8. The molecule has 3 aromatic heterocycles. The van der Waals surface area contributed by atoms with Crippen LogP contribution in [0, 0.1) is 12.7 Å². The van der Waals surface area contributed by atoms with Gasteiger partial charge >= 0.3 is 0 Å². The second kappa shape index (κ2) is 10.1. The molecular formula is C26H24FN7O3. The Morgan fingerprint density at radius 1 is 1.27 bits per heavy atom. The van der Waals surface area contributed by atoms with Gasteiger partial charge in [0.2, 0.25) is 17.6 Å². The maximum absolute atomic E-state index is 14.9. The highest BCUT2D eigenvalue weighted by atomic mass is 19.1. The van der Waals surface area contributed by atoms with Crippen molar-refractivity contribution in [1.82, 2.24) is 30.2 Å². The summed E-state index contributed by atoms with van der Waals surface area (Å²) in [6.45, 7) is 6.53. The fraction of sp³-hybridized carbons (Fsp3) is 0.231. The number of nitrogens with zero attached hydrogens (tertiary/aromatic N) is 5. The summed E-state index contributed by atoms with van der Waals surface area (Å²) in [5.74, 6) is -0.823. The SMILES string of the molecule is C=CC(=O)N1CCC[C@H](c2nc(-c3ccc(NC(=O)c4cccc(-c5[nH]ncc5C)n4)c(F)c3)no2)C1. The molecule has 4 aromatic rings. The number of rotatable bonds is 6. The Balaban J connectivity index is 1.29. The number of aromatic nitrogens is 5. The van der Waals surface area contributed by atoms with Crippen LogP contribution in [-0.2, 0) is 4.79 Å². The first-order valence-electron chi connectivity index (χ1n) is 11.8. The molecule has 1 aliphatic heterocycles. The van der Waals surface area contributed by atoms with E-state index in [1.54, 1.807) is 35.4 Å². The van der Waals surface area contributed by atoms with Crippen LogP contribution < -0.4 is 5.32 Å². The molecule has 0 unspecified atom stereocenters. The molecule has 2 amide bonds. The van der Waals surface area contributed by atoms with E-state index in [1.807, 2.05) is 6.92 Å². The maximum atomic E-state index is 14.9. The van der Waals surface area contributed by atoms with Crippen molar-refractivity contribution in [1.29, 1.82) is 0 Å². The Kier molecular flexibility index (Phi) is 6.59. The first kappa shape index (κ1) is 24.0. The van der Waals surface area contributed by atoms with Crippen LogP contribution >= 0.6 is 0 Å². The van der Waals surface area contributed by atoms with Crippen LogP contribution in [0.5, 0.6) is 0 Å². The average Bonchev–Trinajstić information content (AvgIpc) is 3.59. The quantitative estimate of drug-likeness (QED) is 0.380. The molecule has 0 saturated carbocycles. The number of hydrogen-bond donors (Lipinski definition) is 2. The highest BCUT2D eigenvalue weighted by molar-refractivity contribution is 6.03. The number of benzene rings is 1. The van der Waals surface area contributed by atoms with Crippen molar-refractivity contribution >= 4 is 17.5 Å². The molecule has 5 rings (SSSR count). The molecule has 0 spiro atoms. The third-order valence-corrected chi connectivity index (χ3v) is 6.24. The molecular weight excluding hydrogens is 477 g/mol. The lowest BCUT2D eigenvalue weighted by molar-refractivity contribution is -0.127. The zero-order valence-electron chi connectivity index (χ0n) is 20.1. The summed E-state index contributed by atoms with van der Waals surface area (Å²) < 4.78 is 20.4. The van der Waals surface area contributed by atoms with E-state index >= 15 is 0 Å². The summed E-state index contributed by atoms with van der Waals surface area (Å²) in [4.78, 5) is 35.2. The maximum Gasteiger partial charge on any atom is 0.274 e. The topological polar surface area (TPSA) is 130 Å². The number of halogens is 1. The minimum Gasteiger partial charge on any atom is -0.339 e. The molecule has 37 heavy (non-hydrogen) atoms. The summed E-state index contributed by atoms with van der Waals surface area (Å²) in [6, 6.07) is 9.27. The van der Waals surface area contributed by atoms with Crippen molar-refractivity contribution in [2.24, 2.45) is 0 Å². The molecule has 1 fully saturated rings. The van der Waals surface area contributed by atoms with E-state index in [1.165, 1.54) is 18.2 Å². The molecule has 1 aliphatic rings. The molecule has 1 saturated heterocycles. The lowest BCUT2D eigenvalue weighted by Gasteiger charge is -2.30. The number of likely N-dealkylation sites (tertiary alicyclic amines) is 1. The number of aryl methyl sites for hydroxylation is 1. The summed E-state index contributed by atoms with van der Waals surface area (Å²) >= 11 is 0. The Hall–Kier alpha value is -4.67. The fourth-order valence-electron chi connectivity index (χ4n) is 4.27. The van der Waals surface area contributed by atoms with Gasteiger partial charge in [0.1, 0.15) is 11.5 Å². The van der Waals surface area contributed by atoms with Crippen LogP contribution in [0.2, 0.25) is 0 Å². The van der Waals surface area contributed by atoms with Crippen molar-refractivity contribution in [3.8, 4) is 22.8 Å². The predicted octanol–water partition coefficient (Wildman–Crippen LogP) is 4.11. The average molecular weight is 502 g/mol. The molecule has 10 nitrogen and oxygen atoms in total. The van der Waals surface area contributed by atoms with E-state index in [2.05, 4.69) is 37.2 Å². The van der Waals surface area contributed by atoms with Gasteiger partial charge < -0.3 is 14.7 Å². The van der Waals surface area contributed by atoms with Crippen molar-refractivity contribution in [2.75, 3.05) is 18.4 Å². The summed E-state index contributed by atoms with van der Waals surface area (Å²) in [6.07, 6.45) is 4.57. The molecule has 1 atom stereocenters. The lowest BCUT2D eigenvalue weighted by Crippen LogP contribution is -2.38. The van der Waals surface area contributed by atoms with Crippen molar-refractivity contribution in [3.63, 3.8) is 0 Å². The van der Waals surface area contributed by atoms with Gasteiger partial charge in [0.25, 0.3) is 5.91 Å². The van der Waals surface area contributed by atoms with Crippen LogP contribution in [0.25, 0.3) is 22.8 Å². The van der Waals surface area contributed by atoms with Gasteiger partial charge in [-0.15, -0.1) is 0 Å². The highest BCUT2D eigenvalue weighted by Crippen LogP contribution is 2.29. The van der Waals surface area contributed by atoms with Gasteiger partial charge in [-0.1, -0.05) is 17.8 Å². The molecule has 11 heteroatoms. The van der Waals surface area contributed by atoms with E-state index in [0.717, 1.165) is 18.4 Å². The van der Waals surface area contributed by atoms with E-state index in [9.17, 15) is 14.0 Å². The monoisotopic (exact) mass is 501 g/mol. The molecule has 0 aliphatic carbocycles. The largest absolute Gasteiger partial charge is 0.339 e. The number of amides is 2. The van der Waals surface area contributed by atoms with Gasteiger partial charge in [0.15, 0.2) is 0 Å². The Labute approximate surface area is 211 Å². The Morgan fingerprint density at radius 3 is 2.89 bits per heavy atom. The van der Waals surface area contributed by atoms with Crippen molar-refractivity contribution < 1.29 is 18.5 Å². The van der Waals surface area contributed by atoms with Crippen LogP contribution in [0.1, 0.15) is 40.7 Å². The molecule has 1 aromatic carbocycles. The fourth-order valence-corrected chi connectivity index (χ4v) is 4.27. The molecule has 4 heterocycles. The first-order chi connectivity index (χ1) is 17.9. The smallest absolute Gasteiger partial charge is 0.274 e. The number of carbonyl (C=O) groups is 2. The normalized spacial score (nSPS) is 15.4. The van der Waals surface area contributed by atoms with Crippen LogP contribution in [0.4, 0.5) is 10.1 Å². The number of carbonyl (C=O) groups excluding carboxylic acids is 2. The number of anilines is 1. The van der Waals surface area contributed by atoms with Gasteiger partial charge in [0, 0.05) is 18.7 Å². The number of pyridine rings is 1. The minimum atomic E-state index is -0.654. The number of aromatic amines is 1. The minimum absolute atomic E-state index is 0.00625. The van der Waals surface area contributed by atoms with Crippen molar-refractivity contribution in [3.05, 3.63) is 78.2 Å². The Morgan fingerprint density at radius 2 is 2.14 bits per heavy atom. The third-order valence-electron chi connectivity index (χ3n) is 6.24. The second-order valence-electron chi connectivity index (χ2n) is 8.77. The van der Waals surface area contributed by atoms with E-state index < -0.39 is 11.7 Å². The Bertz CT molecular complexity index is 1480. The summed E-state index contributed by atoms with van der Waals surface area (Å²) in [5, 5.41) is 13.4. The van der Waals surface area contributed by atoms with Crippen LogP contribution in [0.15, 0.2) is 59.8 Å². The number of H-pyrrole nitrogens is 1.